The Morgan fingerprint density at radius 1 is 1.00 bits per heavy atom. The highest BCUT2D eigenvalue weighted by Gasteiger charge is 2.16. The molecule has 0 saturated carbocycles. The topological polar surface area (TPSA) is 50.4 Å². The fraction of sp³-hybridized carbons (Fsp3) is 0. The number of nitrogens with zero attached hydrogens (tertiary/aromatic N) is 1. The van der Waals surface area contributed by atoms with Crippen molar-refractivity contribution < 1.29 is 13.2 Å². The van der Waals surface area contributed by atoms with Crippen LogP contribution >= 0.6 is 0 Å². The van der Waals surface area contributed by atoms with Crippen molar-refractivity contribution in [2.45, 2.75) is 0 Å². The molecular weight excluding hydrogens is 255 g/mol. The molecule has 0 bridgehead atoms. The Bertz CT molecular complexity index is 589. The van der Waals surface area contributed by atoms with Crippen LogP contribution in [-0.2, 0) is 0 Å². The van der Waals surface area contributed by atoms with E-state index in [9.17, 15) is 13.2 Å². The van der Waals surface area contributed by atoms with E-state index in [4.69, 9.17) is 5.84 Å². The Kier molecular flexibility index (Phi) is 3.82. The highest BCUT2D eigenvalue weighted by molar-refractivity contribution is 6.00. The first-order valence-corrected chi connectivity index (χ1v) is 5.37. The van der Waals surface area contributed by atoms with Crippen molar-refractivity contribution in [3.8, 4) is 0 Å². The van der Waals surface area contributed by atoms with Crippen LogP contribution in [0.25, 0.3) is 0 Å². The molecule has 0 aliphatic heterocycles. The maximum absolute atomic E-state index is 13.6. The predicted molar refractivity (Wildman–Crippen MR) is 66.3 cm³/mol. The van der Waals surface area contributed by atoms with Gasteiger partial charge >= 0.3 is 0 Å². The third-order valence-corrected chi connectivity index (χ3v) is 2.38. The molecule has 0 unspecified atom stereocenters. The lowest BCUT2D eigenvalue weighted by molar-refractivity contribution is 0.539. The van der Waals surface area contributed by atoms with Gasteiger partial charge in [0.05, 0.1) is 11.3 Å². The molecule has 0 aromatic heterocycles. The summed E-state index contributed by atoms with van der Waals surface area (Å²) >= 11 is 0. The van der Waals surface area contributed by atoms with Gasteiger partial charge in [-0.2, -0.15) is 0 Å². The second-order valence-corrected chi connectivity index (χ2v) is 3.68. The summed E-state index contributed by atoms with van der Waals surface area (Å²) in [5.41, 5.74) is 2.07. The van der Waals surface area contributed by atoms with Crippen LogP contribution in [0, 0.1) is 17.5 Å². The number of halogens is 3. The fourth-order valence-corrected chi connectivity index (χ4v) is 1.56. The van der Waals surface area contributed by atoms with Crippen LogP contribution < -0.4 is 11.3 Å². The molecule has 0 radical (unpaired) electrons. The molecule has 0 fully saturated rings. The van der Waals surface area contributed by atoms with Gasteiger partial charge in [0, 0.05) is 12.1 Å². The first kappa shape index (κ1) is 13.1. The lowest BCUT2D eigenvalue weighted by Gasteiger charge is -2.08. The Hall–Kier alpha value is -2.34. The lowest BCUT2D eigenvalue weighted by Crippen LogP contribution is -2.32. The summed E-state index contributed by atoms with van der Waals surface area (Å²) in [4.78, 5) is 3.98. The van der Waals surface area contributed by atoms with Crippen molar-refractivity contribution in [1.82, 2.24) is 5.43 Å². The van der Waals surface area contributed by atoms with Gasteiger partial charge in [0.2, 0.25) is 0 Å². The molecule has 2 aromatic rings. The van der Waals surface area contributed by atoms with Gasteiger partial charge in [0.1, 0.15) is 17.5 Å². The number of nitrogens with one attached hydrogen (secondary N) is 1. The summed E-state index contributed by atoms with van der Waals surface area (Å²) in [7, 11) is 0. The maximum atomic E-state index is 13.6. The average Bonchev–Trinajstić information content (AvgIpc) is 2.37. The smallest absolute Gasteiger partial charge is 0.153 e. The lowest BCUT2D eigenvalue weighted by atomic mass is 10.1. The van der Waals surface area contributed by atoms with E-state index in [-0.39, 0.29) is 5.84 Å². The molecule has 19 heavy (non-hydrogen) atoms. The van der Waals surface area contributed by atoms with Gasteiger partial charge in [-0.05, 0) is 12.1 Å². The first-order valence-electron chi connectivity index (χ1n) is 5.37. The van der Waals surface area contributed by atoms with Crippen LogP contribution in [0.5, 0.6) is 0 Å². The van der Waals surface area contributed by atoms with Crippen LogP contribution in [0.3, 0.4) is 0 Å². The van der Waals surface area contributed by atoms with Crippen molar-refractivity contribution in [1.29, 1.82) is 0 Å². The number of hydrogen-bond donors (Lipinski definition) is 2. The van der Waals surface area contributed by atoms with E-state index in [0.29, 0.717) is 17.8 Å². The number of rotatable bonds is 2. The number of aliphatic imine (C=N–C) groups is 1. The molecule has 3 nitrogen and oxygen atoms in total. The Morgan fingerprint density at radius 2 is 1.58 bits per heavy atom. The minimum atomic E-state index is -1.08. The monoisotopic (exact) mass is 265 g/mol. The summed E-state index contributed by atoms with van der Waals surface area (Å²) in [5, 5.41) is 0. The second-order valence-electron chi connectivity index (χ2n) is 3.68. The van der Waals surface area contributed by atoms with Gasteiger partial charge < -0.3 is 5.43 Å². The van der Waals surface area contributed by atoms with Crippen LogP contribution in [-0.4, -0.2) is 5.84 Å². The van der Waals surface area contributed by atoms with Crippen molar-refractivity contribution in [2.24, 2.45) is 10.8 Å². The number of nitrogens with two attached hydrogens (primary N) is 1. The van der Waals surface area contributed by atoms with Gasteiger partial charge in [-0.15, -0.1) is 0 Å². The third kappa shape index (κ3) is 2.92. The molecule has 0 aliphatic carbocycles. The highest BCUT2D eigenvalue weighted by atomic mass is 19.1. The van der Waals surface area contributed by atoms with E-state index < -0.39 is 23.0 Å². The number of amidine groups is 1. The van der Waals surface area contributed by atoms with Crippen LogP contribution in [0.15, 0.2) is 47.5 Å². The van der Waals surface area contributed by atoms with E-state index >= 15 is 0 Å². The van der Waals surface area contributed by atoms with Crippen molar-refractivity contribution in [3.05, 3.63) is 65.5 Å². The number of hydrazine groups is 1. The summed E-state index contributed by atoms with van der Waals surface area (Å²) in [5.74, 6) is 1.84. The molecule has 98 valence electrons. The van der Waals surface area contributed by atoms with Gasteiger partial charge in [-0.25, -0.2) is 24.0 Å². The summed E-state index contributed by atoms with van der Waals surface area (Å²) in [6, 6.07) is 9.60. The standard InChI is InChI=1S/C13H10F3N3/c14-8-6-10(15)12(11(16)7-8)13(19-17)18-9-4-2-1-3-5-9/h1-7H,17H2,(H,18,19). The Labute approximate surface area is 107 Å². The highest BCUT2D eigenvalue weighted by Crippen LogP contribution is 2.18. The normalized spacial score (nSPS) is 11.5. The summed E-state index contributed by atoms with van der Waals surface area (Å²) in [6.07, 6.45) is 0. The second kappa shape index (κ2) is 5.53. The number of para-hydroxylation sites is 1. The molecule has 0 saturated heterocycles. The van der Waals surface area contributed by atoms with Gasteiger partial charge in [0.25, 0.3) is 0 Å². The van der Waals surface area contributed by atoms with Crippen LogP contribution in [0.2, 0.25) is 0 Å². The molecule has 0 heterocycles. The number of benzene rings is 2. The summed E-state index contributed by atoms with van der Waals surface area (Å²) < 4.78 is 40.0. The average molecular weight is 265 g/mol. The Morgan fingerprint density at radius 3 is 2.11 bits per heavy atom. The third-order valence-electron chi connectivity index (χ3n) is 2.38. The zero-order valence-corrected chi connectivity index (χ0v) is 9.70. The summed E-state index contributed by atoms with van der Waals surface area (Å²) in [6.45, 7) is 0. The minimum absolute atomic E-state index is 0.221. The largest absolute Gasteiger partial charge is 0.308 e. The molecule has 0 atom stereocenters. The van der Waals surface area contributed by atoms with Gasteiger partial charge in [0.15, 0.2) is 5.84 Å². The van der Waals surface area contributed by atoms with Crippen molar-refractivity contribution >= 4 is 11.5 Å². The minimum Gasteiger partial charge on any atom is -0.308 e. The van der Waals surface area contributed by atoms with E-state index in [1.54, 1.807) is 30.3 Å². The van der Waals surface area contributed by atoms with E-state index in [1.165, 1.54) is 0 Å². The zero-order chi connectivity index (χ0) is 13.8. The van der Waals surface area contributed by atoms with E-state index in [2.05, 4.69) is 10.4 Å². The van der Waals surface area contributed by atoms with Crippen LogP contribution in [0.4, 0.5) is 18.9 Å². The number of hydrogen-bond acceptors (Lipinski definition) is 2. The van der Waals surface area contributed by atoms with E-state index in [0.717, 1.165) is 0 Å². The van der Waals surface area contributed by atoms with Crippen LogP contribution in [0.1, 0.15) is 5.56 Å². The molecule has 6 heteroatoms. The van der Waals surface area contributed by atoms with Gasteiger partial charge in [-0.1, -0.05) is 18.2 Å². The molecule has 3 N–H and O–H groups in total. The zero-order valence-electron chi connectivity index (χ0n) is 9.70. The van der Waals surface area contributed by atoms with Crippen molar-refractivity contribution in [3.63, 3.8) is 0 Å². The fourth-order valence-electron chi connectivity index (χ4n) is 1.56. The molecule has 0 spiro atoms. The quantitative estimate of drug-likeness (QED) is 0.379. The van der Waals surface area contributed by atoms with Crippen molar-refractivity contribution in [2.75, 3.05) is 0 Å². The predicted octanol–water partition coefficient (Wildman–Crippen LogP) is 2.65. The SMILES string of the molecule is NNC(=Nc1ccccc1)c1c(F)cc(F)cc1F. The van der Waals surface area contributed by atoms with Gasteiger partial charge in [-0.3, -0.25) is 0 Å². The molecular formula is C13H10F3N3. The maximum Gasteiger partial charge on any atom is 0.153 e. The molecule has 0 amide bonds. The first-order chi connectivity index (χ1) is 9.11. The Balaban J connectivity index is 2.52. The molecule has 0 aliphatic rings. The molecule has 2 aromatic carbocycles. The molecule has 2 rings (SSSR count). The van der Waals surface area contributed by atoms with E-state index in [1.807, 2.05) is 0 Å².